The highest BCUT2D eigenvalue weighted by atomic mass is 35.5. The Hall–Kier alpha value is -2.84. The van der Waals surface area contributed by atoms with E-state index in [4.69, 9.17) is 11.6 Å². The molecular formula is C26H30ClN5O2S. The van der Waals surface area contributed by atoms with Gasteiger partial charge in [0, 0.05) is 43.5 Å². The monoisotopic (exact) mass is 511 g/mol. The summed E-state index contributed by atoms with van der Waals surface area (Å²) in [6, 6.07) is 17.1. The second kappa shape index (κ2) is 11.7. The van der Waals surface area contributed by atoms with Crippen molar-refractivity contribution < 1.29 is 9.59 Å². The number of carbonyl (C=O) groups is 2. The number of hydrogen-bond donors (Lipinski definition) is 0. The van der Waals surface area contributed by atoms with Gasteiger partial charge in [0.05, 0.1) is 10.6 Å². The van der Waals surface area contributed by atoms with Gasteiger partial charge in [-0.2, -0.15) is 0 Å². The van der Waals surface area contributed by atoms with E-state index >= 15 is 0 Å². The summed E-state index contributed by atoms with van der Waals surface area (Å²) >= 11 is 7.87. The molecule has 7 nitrogen and oxygen atoms in total. The Labute approximate surface area is 215 Å². The van der Waals surface area contributed by atoms with Crippen LogP contribution in [0.1, 0.15) is 42.4 Å². The molecule has 2 amide bonds. The highest BCUT2D eigenvalue weighted by molar-refractivity contribution is 7.99. The first-order valence-corrected chi connectivity index (χ1v) is 13.3. The second-order valence-corrected chi connectivity index (χ2v) is 10.1. The maximum Gasteiger partial charge on any atom is 0.255 e. The Morgan fingerprint density at radius 2 is 1.77 bits per heavy atom. The van der Waals surface area contributed by atoms with E-state index in [2.05, 4.69) is 14.8 Å². The lowest BCUT2D eigenvalue weighted by Gasteiger charge is -2.40. The van der Waals surface area contributed by atoms with Crippen LogP contribution in [0.4, 0.5) is 0 Å². The maximum atomic E-state index is 12.9. The van der Waals surface area contributed by atoms with Crippen LogP contribution in [0.15, 0.2) is 59.8 Å². The third kappa shape index (κ3) is 6.05. The predicted molar refractivity (Wildman–Crippen MR) is 139 cm³/mol. The van der Waals surface area contributed by atoms with Crippen LogP contribution in [0.5, 0.6) is 0 Å². The highest BCUT2D eigenvalue weighted by Gasteiger charge is 2.30. The SMILES string of the molecule is Cc1nnc(SCCCCC(=O)N2CCN(C(=O)c3ccccc3Cl)C(C)C2)n1-c1ccccc1. The first-order valence-electron chi connectivity index (χ1n) is 11.9. The largest absolute Gasteiger partial charge is 0.339 e. The molecule has 1 saturated heterocycles. The van der Waals surface area contributed by atoms with Gasteiger partial charge in [0.25, 0.3) is 5.91 Å². The summed E-state index contributed by atoms with van der Waals surface area (Å²) in [6.45, 7) is 5.54. The zero-order valence-electron chi connectivity index (χ0n) is 20.1. The summed E-state index contributed by atoms with van der Waals surface area (Å²) in [5, 5.41) is 9.87. The molecule has 2 heterocycles. The fraction of sp³-hybridized carbons (Fsp3) is 0.385. The highest BCUT2D eigenvalue weighted by Crippen LogP contribution is 2.24. The van der Waals surface area contributed by atoms with E-state index in [1.165, 1.54) is 0 Å². The van der Waals surface area contributed by atoms with Crippen molar-refractivity contribution >= 4 is 35.2 Å². The average Bonchev–Trinajstić information content (AvgIpc) is 3.24. The third-order valence-electron chi connectivity index (χ3n) is 6.17. The van der Waals surface area contributed by atoms with Gasteiger partial charge in [-0.3, -0.25) is 14.2 Å². The number of thioether (sulfide) groups is 1. The van der Waals surface area contributed by atoms with E-state index in [-0.39, 0.29) is 17.9 Å². The molecule has 1 aliphatic heterocycles. The average molecular weight is 512 g/mol. The second-order valence-electron chi connectivity index (χ2n) is 8.67. The Morgan fingerprint density at radius 1 is 1.03 bits per heavy atom. The number of aromatic nitrogens is 3. The Bertz CT molecular complexity index is 1170. The summed E-state index contributed by atoms with van der Waals surface area (Å²) in [7, 11) is 0. The molecule has 0 N–H and O–H groups in total. The number of benzene rings is 2. The van der Waals surface area contributed by atoms with Crippen molar-refractivity contribution in [2.45, 2.75) is 44.3 Å². The minimum absolute atomic E-state index is 0.0559. The molecule has 1 fully saturated rings. The number of piperazine rings is 1. The van der Waals surface area contributed by atoms with Gasteiger partial charge < -0.3 is 9.80 Å². The summed E-state index contributed by atoms with van der Waals surface area (Å²) in [6.07, 6.45) is 2.24. The molecule has 4 rings (SSSR count). The molecule has 9 heteroatoms. The maximum absolute atomic E-state index is 12.9. The molecule has 0 aliphatic carbocycles. The van der Waals surface area contributed by atoms with Gasteiger partial charge in [-0.15, -0.1) is 10.2 Å². The minimum atomic E-state index is -0.0780. The van der Waals surface area contributed by atoms with Crippen LogP contribution in [0.25, 0.3) is 5.69 Å². The standard InChI is InChI=1S/C26H30ClN5O2S/c1-19-18-30(15-16-31(19)25(34)22-12-6-7-13-23(22)27)24(33)14-8-9-17-35-26-29-28-20(2)32(26)21-10-4-3-5-11-21/h3-7,10-13,19H,8-9,14-18H2,1-2H3. The Morgan fingerprint density at radius 3 is 2.51 bits per heavy atom. The number of carbonyl (C=O) groups excluding carboxylic acids is 2. The van der Waals surface area contributed by atoms with Crippen molar-refractivity contribution in [1.82, 2.24) is 24.6 Å². The number of unbranched alkanes of at least 4 members (excludes halogenated alkanes) is 1. The minimum Gasteiger partial charge on any atom is -0.339 e. The van der Waals surface area contributed by atoms with Crippen LogP contribution >= 0.6 is 23.4 Å². The molecule has 1 aromatic heterocycles. The molecule has 184 valence electrons. The lowest BCUT2D eigenvalue weighted by atomic mass is 10.1. The molecule has 0 bridgehead atoms. The fourth-order valence-corrected chi connectivity index (χ4v) is 5.50. The van der Waals surface area contributed by atoms with Gasteiger partial charge in [0.1, 0.15) is 5.82 Å². The van der Waals surface area contributed by atoms with Crippen molar-refractivity contribution in [3.8, 4) is 5.69 Å². The molecule has 1 unspecified atom stereocenters. The molecule has 0 saturated carbocycles. The number of nitrogens with zero attached hydrogens (tertiary/aromatic N) is 5. The van der Waals surface area contributed by atoms with Gasteiger partial charge in [0.15, 0.2) is 5.16 Å². The smallest absolute Gasteiger partial charge is 0.255 e. The summed E-state index contributed by atoms with van der Waals surface area (Å²) in [5.41, 5.74) is 1.56. The van der Waals surface area contributed by atoms with Gasteiger partial charge >= 0.3 is 0 Å². The van der Waals surface area contributed by atoms with Crippen LogP contribution in [0.2, 0.25) is 5.02 Å². The molecular weight excluding hydrogens is 482 g/mol. The van der Waals surface area contributed by atoms with E-state index in [0.29, 0.717) is 36.6 Å². The van der Waals surface area contributed by atoms with E-state index in [9.17, 15) is 9.59 Å². The molecule has 1 aliphatic rings. The lowest BCUT2D eigenvalue weighted by molar-refractivity contribution is -0.133. The van der Waals surface area contributed by atoms with Crippen molar-refractivity contribution in [2.24, 2.45) is 0 Å². The normalized spacial score (nSPS) is 15.9. The van der Waals surface area contributed by atoms with Gasteiger partial charge in [-0.05, 0) is 51.0 Å². The van der Waals surface area contributed by atoms with Crippen LogP contribution in [-0.2, 0) is 4.79 Å². The van der Waals surface area contributed by atoms with E-state index < -0.39 is 0 Å². The van der Waals surface area contributed by atoms with Crippen LogP contribution in [0.3, 0.4) is 0 Å². The fourth-order valence-electron chi connectivity index (χ4n) is 4.29. The van der Waals surface area contributed by atoms with Crippen molar-refractivity contribution in [3.63, 3.8) is 0 Å². The topological polar surface area (TPSA) is 71.3 Å². The zero-order chi connectivity index (χ0) is 24.8. The molecule has 35 heavy (non-hydrogen) atoms. The van der Waals surface area contributed by atoms with Crippen LogP contribution < -0.4 is 0 Å². The Balaban J connectivity index is 1.21. The number of rotatable bonds is 8. The van der Waals surface area contributed by atoms with Crippen molar-refractivity contribution in [2.75, 3.05) is 25.4 Å². The van der Waals surface area contributed by atoms with E-state index in [0.717, 1.165) is 35.3 Å². The molecule has 0 spiro atoms. The Kier molecular flexibility index (Phi) is 8.46. The number of aryl methyl sites for hydroxylation is 1. The molecule has 1 atom stereocenters. The first-order chi connectivity index (χ1) is 17.0. The van der Waals surface area contributed by atoms with Crippen LogP contribution in [-0.4, -0.2) is 67.8 Å². The first kappa shape index (κ1) is 25.3. The zero-order valence-corrected chi connectivity index (χ0v) is 21.6. The molecule has 3 aromatic rings. The third-order valence-corrected chi connectivity index (χ3v) is 7.52. The van der Waals surface area contributed by atoms with Crippen LogP contribution in [0, 0.1) is 6.92 Å². The van der Waals surface area contributed by atoms with E-state index in [1.54, 1.807) is 23.9 Å². The van der Waals surface area contributed by atoms with Crippen molar-refractivity contribution in [3.05, 3.63) is 71.0 Å². The predicted octanol–water partition coefficient (Wildman–Crippen LogP) is 4.86. The number of halogens is 1. The lowest BCUT2D eigenvalue weighted by Crippen LogP contribution is -2.55. The van der Waals surface area contributed by atoms with Gasteiger partial charge in [-0.1, -0.05) is 53.7 Å². The number of hydrogen-bond acceptors (Lipinski definition) is 5. The number of para-hydroxylation sites is 1. The van der Waals surface area contributed by atoms with E-state index in [1.807, 2.05) is 66.1 Å². The molecule has 0 radical (unpaired) electrons. The summed E-state index contributed by atoms with van der Waals surface area (Å²) in [5.74, 6) is 1.80. The van der Waals surface area contributed by atoms with Gasteiger partial charge in [-0.25, -0.2) is 0 Å². The quantitative estimate of drug-likeness (QED) is 0.319. The van der Waals surface area contributed by atoms with Gasteiger partial charge in [0.2, 0.25) is 5.91 Å². The molecule has 2 aromatic carbocycles. The summed E-state index contributed by atoms with van der Waals surface area (Å²) < 4.78 is 2.06. The summed E-state index contributed by atoms with van der Waals surface area (Å²) in [4.78, 5) is 29.4. The number of amides is 2. The van der Waals surface area contributed by atoms with Crippen molar-refractivity contribution in [1.29, 1.82) is 0 Å².